The third-order valence-electron chi connectivity index (χ3n) is 6.13. The van der Waals surface area contributed by atoms with E-state index in [1.807, 2.05) is 32.1 Å². The van der Waals surface area contributed by atoms with Crippen molar-refractivity contribution in [2.45, 2.75) is 64.6 Å². The first-order chi connectivity index (χ1) is 16.1. The Hall–Kier alpha value is -2.31. The highest BCUT2D eigenvalue weighted by Crippen LogP contribution is 2.37. The molecule has 0 aromatic heterocycles. The number of aldehydes is 1. The summed E-state index contributed by atoms with van der Waals surface area (Å²) in [7, 11) is -2.54. The Labute approximate surface area is 205 Å². The van der Waals surface area contributed by atoms with Gasteiger partial charge in [-0.15, -0.1) is 0 Å². The molecule has 4 nitrogen and oxygen atoms in total. The number of hydrogen-bond acceptors (Lipinski definition) is 4. The van der Waals surface area contributed by atoms with Gasteiger partial charge in [-0.25, -0.2) is 0 Å². The van der Waals surface area contributed by atoms with Crippen LogP contribution in [-0.2, 0) is 18.7 Å². The molecule has 1 aliphatic heterocycles. The molecule has 0 aliphatic carbocycles. The summed E-state index contributed by atoms with van der Waals surface area (Å²) in [4.78, 5) is 11.3. The van der Waals surface area contributed by atoms with Gasteiger partial charge in [-0.3, -0.25) is 0 Å². The van der Waals surface area contributed by atoms with Crippen LogP contribution in [0.1, 0.15) is 41.5 Å². The topological polar surface area (TPSA) is 44.8 Å². The third-order valence-corrected chi connectivity index (χ3v) is 11.1. The second-order valence-electron chi connectivity index (χ2n) is 10.4. The predicted molar refractivity (Wildman–Crippen MR) is 141 cm³/mol. The first kappa shape index (κ1) is 26.3. The van der Waals surface area contributed by atoms with Gasteiger partial charge < -0.3 is 18.7 Å². The van der Waals surface area contributed by atoms with Gasteiger partial charge in [0.05, 0.1) is 0 Å². The molecule has 5 heteroatoms. The van der Waals surface area contributed by atoms with Gasteiger partial charge in [-0.05, 0) is 35.2 Å². The quantitative estimate of drug-likeness (QED) is 0.288. The van der Waals surface area contributed by atoms with Gasteiger partial charge in [0.15, 0.2) is 12.1 Å². The fourth-order valence-electron chi connectivity index (χ4n) is 4.57. The largest absolute Gasteiger partial charge is 0.407 e. The van der Waals surface area contributed by atoms with E-state index in [0.29, 0.717) is 6.61 Å². The molecule has 0 saturated carbocycles. The highest BCUT2D eigenvalue weighted by molar-refractivity contribution is 6.99. The Bertz CT molecular complexity index is 937. The minimum Gasteiger partial charge on any atom is -0.407 e. The Balaban J connectivity index is 1.76. The molecular weight excluding hydrogens is 440 g/mol. The zero-order chi connectivity index (χ0) is 24.8. The molecule has 182 valence electrons. The lowest BCUT2D eigenvalue weighted by Gasteiger charge is -2.43. The van der Waals surface area contributed by atoms with Crippen molar-refractivity contribution in [2.75, 3.05) is 6.61 Å². The van der Waals surface area contributed by atoms with Crippen molar-refractivity contribution in [1.29, 1.82) is 0 Å². The monoisotopic (exact) mass is 478 g/mol. The second kappa shape index (κ2) is 11.0. The van der Waals surface area contributed by atoms with Crippen molar-refractivity contribution in [3.63, 3.8) is 0 Å². The van der Waals surface area contributed by atoms with E-state index in [1.165, 1.54) is 10.4 Å². The lowest BCUT2D eigenvalue weighted by molar-refractivity contribution is -0.148. The van der Waals surface area contributed by atoms with Gasteiger partial charge in [0, 0.05) is 6.61 Å². The zero-order valence-corrected chi connectivity index (χ0v) is 22.2. The summed E-state index contributed by atoms with van der Waals surface area (Å²) < 4.78 is 18.4. The van der Waals surface area contributed by atoms with E-state index in [4.69, 9.17) is 13.9 Å². The molecule has 1 aliphatic rings. The van der Waals surface area contributed by atoms with Crippen LogP contribution in [0.15, 0.2) is 85.0 Å². The summed E-state index contributed by atoms with van der Waals surface area (Å²) in [6, 6.07) is 21.4. The molecular formula is C29H38O4Si. The van der Waals surface area contributed by atoms with Crippen LogP contribution in [0.25, 0.3) is 0 Å². The highest BCUT2D eigenvalue weighted by Gasteiger charge is 2.50. The average molecular weight is 479 g/mol. The number of allylic oxidation sites excluding steroid dienone is 2. The van der Waals surface area contributed by atoms with Crippen molar-refractivity contribution in [3.05, 3.63) is 85.0 Å². The molecule has 0 spiro atoms. The van der Waals surface area contributed by atoms with Crippen LogP contribution < -0.4 is 10.4 Å². The number of benzene rings is 2. The van der Waals surface area contributed by atoms with Gasteiger partial charge in [-0.2, -0.15) is 0 Å². The molecule has 0 bridgehead atoms. The normalized spacial score (nSPS) is 21.8. The minimum absolute atomic E-state index is 0.0461. The fraction of sp³-hybridized carbons (Fsp3) is 0.414. The average Bonchev–Trinajstić information content (AvgIpc) is 3.11. The smallest absolute Gasteiger partial charge is 0.261 e. The maximum Gasteiger partial charge on any atom is 0.261 e. The number of hydrogen-bond donors (Lipinski definition) is 0. The van der Waals surface area contributed by atoms with E-state index < -0.39 is 20.2 Å². The summed E-state index contributed by atoms with van der Waals surface area (Å²) in [5.41, 5.74) is 0. The van der Waals surface area contributed by atoms with E-state index in [9.17, 15) is 4.79 Å². The van der Waals surface area contributed by atoms with Crippen LogP contribution in [0.4, 0.5) is 0 Å². The maximum absolute atomic E-state index is 11.3. The van der Waals surface area contributed by atoms with Crippen molar-refractivity contribution < 1.29 is 18.7 Å². The number of carbonyl (C=O) groups excluding carboxylic acids is 1. The molecule has 3 atom stereocenters. The first-order valence-electron chi connectivity index (χ1n) is 12.0. The fourth-order valence-corrected chi connectivity index (χ4v) is 9.24. The van der Waals surface area contributed by atoms with Crippen molar-refractivity contribution in [1.82, 2.24) is 0 Å². The van der Waals surface area contributed by atoms with Crippen LogP contribution in [0.2, 0.25) is 5.04 Å². The van der Waals surface area contributed by atoms with Crippen LogP contribution in [-0.4, -0.2) is 39.2 Å². The van der Waals surface area contributed by atoms with Crippen LogP contribution in [0, 0.1) is 5.92 Å². The first-order valence-corrected chi connectivity index (χ1v) is 13.9. The molecule has 1 saturated heterocycles. The third kappa shape index (κ3) is 6.02. The molecule has 1 heterocycles. The Morgan fingerprint density at radius 1 is 0.941 bits per heavy atom. The van der Waals surface area contributed by atoms with E-state index >= 15 is 0 Å². The summed E-state index contributed by atoms with van der Waals surface area (Å²) in [5.74, 6) is -0.535. The number of carbonyl (C=O) groups is 1. The predicted octanol–water partition coefficient (Wildman–Crippen LogP) is 5.03. The second-order valence-corrected chi connectivity index (χ2v) is 14.7. The van der Waals surface area contributed by atoms with Gasteiger partial charge in [0.2, 0.25) is 0 Å². The zero-order valence-electron chi connectivity index (χ0n) is 21.2. The highest BCUT2D eigenvalue weighted by atomic mass is 28.4. The van der Waals surface area contributed by atoms with Crippen molar-refractivity contribution >= 4 is 25.0 Å². The Morgan fingerprint density at radius 3 is 1.97 bits per heavy atom. The van der Waals surface area contributed by atoms with Gasteiger partial charge >= 0.3 is 0 Å². The van der Waals surface area contributed by atoms with Crippen LogP contribution >= 0.6 is 0 Å². The van der Waals surface area contributed by atoms with Crippen molar-refractivity contribution in [2.24, 2.45) is 5.92 Å². The summed E-state index contributed by atoms with van der Waals surface area (Å²) in [6.07, 6.45) is 7.77. The number of ether oxygens (including phenoxy) is 2. The standard InChI is InChI=1S/C29H38O4Si/c1-23(15-13-14-20-26-27(21-30)33-29(5,6)32-26)22-31-34(28(2,3)4,24-16-9-7-10-17-24)25-18-11-8-12-19-25/h7-21,23,26-27H,22H2,1-6H3/b15-13+,20-14+/t23-,26-,27-/m1/s1. The molecule has 3 rings (SSSR count). The molecule has 34 heavy (non-hydrogen) atoms. The van der Waals surface area contributed by atoms with Gasteiger partial charge in [0.1, 0.15) is 12.2 Å². The van der Waals surface area contributed by atoms with E-state index in [2.05, 4.69) is 94.4 Å². The SMILES string of the molecule is C[C@H](/C=C/C=C/[C@H]1OC(C)(C)O[C@@H]1C=O)CO[Si](c1ccccc1)(c1ccccc1)C(C)(C)C. The minimum atomic E-state index is -2.54. The molecule has 2 aromatic rings. The molecule has 2 aromatic carbocycles. The molecule has 1 fully saturated rings. The molecule has 0 N–H and O–H groups in total. The van der Waals surface area contributed by atoms with E-state index in [1.54, 1.807) is 0 Å². The maximum atomic E-state index is 11.3. The van der Waals surface area contributed by atoms with Crippen LogP contribution in [0.5, 0.6) is 0 Å². The summed E-state index contributed by atoms with van der Waals surface area (Å²) >= 11 is 0. The summed E-state index contributed by atoms with van der Waals surface area (Å²) in [5, 5.41) is 2.52. The molecule has 0 unspecified atom stereocenters. The van der Waals surface area contributed by atoms with Gasteiger partial charge in [0.25, 0.3) is 8.32 Å². The van der Waals surface area contributed by atoms with Gasteiger partial charge in [-0.1, -0.05) is 113 Å². The van der Waals surface area contributed by atoms with E-state index in [0.717, 1.165) is 6.29 Å². The van der Waals surface area contributed by atoms with Crippen molar-refractivity contribution in [3.8, 4) is 0 Å². The molecule has 0 amide bonds. The van der Waals surface area contributed by atoms with Crippen LogP contribution in [0.3, 0.4) is 0 Å². The van der Waals surface area contributed by atoms with E-state index in [-0.39, 0.29) is 17.1 Å². The lowest BCUT2D eigenvalue weighted by atomic mass is 10.1. The Kier molecular flexibility index (Phi) is 8.47. The summed E-state index contributed by atoms with van der Waals surface area (Å²) in [6.45, 7) is 13.3. The Morgan fingerprint density at radius 2 is 1.47 bits per heavy atom. The number of rotatable bonds is 9. The lowest BCUT2D eigenvalue weighted by Crippen LogP contribution is -2.66. The molecule has 0 radical (unpaired) electrons.